The van der Waals surface area contributed by atoms with Crippen molar-refractivity contribution in [3.05, 3.63) is 23.3 Å². The van der Waals surface area contributed by atoms with Crippen LogP contribution in [0.1, 0.15) is 43.1 Å². The summed E-state index contributed by atoms with van der Waals surface area (Å²) < 4.78 is 5.35. The quantitative estimate of drug-likeness (QED) is 0.684. The van der Waals surface area contributed by atoms with Gasteiger partial charge in [-0.05, 0) is 26.3 Å². The highest BCUT2D eigenvalue weighted by Gasteiger charge is 2.34. The number of nitrogens with zero attached hydrogens (tertiary/aromatic N) is 1. The number of nitrogens with one attached hydrogen (secondary N) is 1. The molecule has 0 saturated carbocycles. The summed E-state index contributed by atoms with van der Waals surface area (Å²) in [6.45, 7) is 5.11. The third-order valence-corrected chi connectivity index (χ3v) is 3.39. The minimum atomic E-state index is -1.41. The lowest BCUT2D eigenvalue weighted by Gasteiger charge is -2.25. The first-order valence-corrected chi connectivity index (χ1v) is 6.81. The molecular formula is C15H19N3O4. The summed E-state index contributed by atoms with van der Waals surface area (Å²) in [5.74, 6) is -1.57. The Morgan fingerprint density at radius 1 is 1.45 bits per heavy atom. The monoisotopic (exact) mass is 305 g/mol. The van der Waals surface area contributed by atoms with Gasteiger partial charge >= 0.3 is 5.97 Å². The fourth-order valence-electron chi connectivity index (χ4n) is 1.76. The van der Waals surface area contributed by atoms with E-state index < -0.39 is 17.4 Å². The Balaban J connectivity index is 3.27. The molecule has 0 radical (unpaired) electrons. The molecule has 1 aromatic rings. The van der Waals surface area contributed by atoms with Crippen LogP contribution in [0.15, 0.2) is 12.1 Å². The van der Waals surface area contributed by atoms with Gasteiger partial charge in [0.15, 0.2) is 0 Å². The van der Waals surface area contributed by atoms with E-state index in [1.165, 1.54) is 19.1 Å². The smallest absolute Gasteiger partial charge is 0.329 e. The third kappa shape index (κ3) is 3.47. The average Bonchev–Trinajstić information content (AvgIpc) is 2.47. The second kappa shape index (κ2) is 6.80. The van der Waals surface area contributed by atoms with Crippen molar-refractivity contribution in [2.24, 2.45) is 0 Å². The number of carbonyl (C=O) groups is 2. The maximum Gasteiger partial charge on any atom is 0.329 e. The second-order valence-corrected chi connectivity index (χ2v) is 4.93. The lowest BCUT2D eigenvalue weighted by atomic mass is 9.98. The number of anilines is 1. The molecule has 1 unspecified atom stereocenters. The second-order valence-electron chi connectivity index (χ2n) is 4.93. The van der Waals surface area contributed by atoms with Crippen LogP contribution in [0.3, 0.4) is 0 Å². The molecule has 0 aliphatic rings. The number of aliphatic carboxylic acids is 1. The predicted octanol–water partition coefficient (Wildman–Crippen LogP) is 1.52. The van der Waals surface area contributed by atoms with Gasteiger partial charge in [-0.1, -0.05) is 6.92 Å². The van der Waals surface area contributed by atoms with Crippen LogP contribution in [0.25, 0.3) is 0 Å². The Morgan fingerprint density at radius 3 is 2.55 bits per heavy atom. The predicted molar refractivity (Wildman–Crippen MR) is 80.5 cm³/mol. The maximum absolute atomic E-state index is 12.4. The van der Waals surface area contributed by atoms with Gasteiger partial charge in [-0.15, -0.1) is 0 Å². The van der Waals surface area contributed by atoms with Gasteiger partial charge in [0.05, 0.1) is 23.4 Å². The Kier molecular flexibility index (Phi) is 5.35. The molecule has 118 valence electrons. The van der Waals surface area contributed by atoms with E-state index in [9.17, 15) is 14.7 Å². The zero-order valence-corrected chi connectivity index (χ0v) is 12.8. The van der Waals surface area contributed by atoms with Gasteiger partial charge in [0.25, 0.3) is 5.91 Å². The minimum absolute atomic E-state index is 0.0773. The molecule has 22 heavy (non-hydrogen) atoms. The van der Waals surface area contributed by atoms with E-state index in [0.717, 1.165) is 0 Å². The number of rotatable bonds is 6. The van der Waals surface area contributed by atoms with Crippen LogP contribution >= 0.6 is 0 Å². The molecule has 1 rings (SSSR count). The van der Waals surface area contributed by atoms with Crippen molar-refractivity contribution < 1.29 is 19.4 Å². The van der Waals surface area contributed by atoms with Crippen molar-refractivity contribution >= 4 is 17.6 Å². The molecule has 7 heteroatoms. The zero-order valence-electron chi connectivity index (χ0n) is 12.8. The third-order valence-electron chi connectivity index (χ3n) is 3.39. The number of benzene rings is 1. The largest absolute Gasteiger partial charge is 0.493 e. The van der Waals surface area contributed by atoms with Gasteiger partial charge in [0.2, 0.25) is 0 Å². The molecule has 1 atom stereocenters. The maximum atomic E-state index is 12.4. The fourth-order valence-corrected chi connectivity index (χ4v) is 1.76. The van der Waals surface area contributed by atoms with Gasteiger partial charge in [0, 0.05) is 6.07 Å². The van der Waals surface area contributed by atoms with E-state index >= 15 is 0 Å². The van der Waals surface area contributed by atoms with Crippen molar-refractivity contribution in [2.75, 3.05) is 12.3 Å². The highest BCUT2D eigenvalue weighted by atomic mass is 16.5. The van der Waals surface area contributed by atoms with Crippen LogP contribution in [0.2, 0.25) is 0 Å². The molecule has 0 fully saturated rings. The number of carbonyl (C=O) groups excluding carboxylic acids is 1. The number of carboxylic acid groups (broad SMARTS) is 1. The Bertz CT molecular complexity index is 636. The van der Waals surface area contributed by atoms with Crippen molar-refractivity contribution in [3.8, 4) is 11.8 Å². The van der Waals surface area contributed by atoms with Gasteiger partial charge in [-0.2, -0.15) is 5.26 Å². The number of ether oxygens (including phenoxy) is 1. The highest BCUT2D eigenvalue weighted by Crippen LogP contribution is 2.26. The summed E-state index contributed by atoms with van der Waals surface area (Å²) in [5.41, 5.74) is 4.69. The summed E-state index contributed by atoms with van der Waals surface area (Å²) >= 11 is 0. The lowest BCUT2D eigenvalue weighted by Crippen LogP contribution is -2.51. The highest BCUT2D eigenvalue weighted by molar-refractivity contribution is 6.00. The number of nitriles is 1. The van der Waals surface area contributed by atoms with Crippen molar-refractivity contribution in [1.29, 1.82) is 5.26 Å². The average molecular weight is 305 g/mol. The summed E-state index contributed by atoms with van der Waals surface area (Å²) in [4.78, 5) is 23.7. The number of amides is 1. The van der Waals surface area contributed by atoms with Crippen molar-refractivity contribution in [2.45, 2.75) is 32.7 Å². The van der Waals surface area contributed by atoms with E-state index in [-0.39, 0.29) is 29.0 Å². The zero-order chi connectivity index (χ0) is 16.9. The van der Waals surface area contributed by atoms with Crippen molar-refractivity contribution in [1.82, 2.24) is 5.32 Å². The number of nitrogen functional groups attached to an aromatic ring is 1. The van der Waals surface area contributed by atoms with E-state index in [1.807, 2.05) is 6.07 Å². The molecule has 0 aliphatic carbocycles. The minimum Gasteiger partial charge on any atom is -0.493 e. The van der Waals surface area contributed by atoms with Gasteiger partial charge in [-0.25, -0.2) is 4.79 Å². The first-order valence-electron chi connectivity index (χ1n) is 6.81. The molecule has 1 amide bonds. The van der Waals surface area contributed by atoms with E-state index in [0.29, 0.717) is 6.61 Å². The van der Waals surface area contributed by atoms with Crippen molar-refractivity contribution in [3.63, 3.8) is 0 Å². The van der Waals surface area contributed by atoms with Gasteiger partial charge < -0.3 is 20.9 Å². The summed E-state index contributed by atoms with van der Waals surface area (Å²) in [6, 6.07) is 4.57. The lowest BCUT2D eigenvalue weighted by molar-refractivity contribution is -0.143. The molecule has 0 spiro atoms. The molecule has 0 saturated heterocycles. The SMILES string of the molecule is CCOc1cc(N)c(C#N)cc1C(=O)NC(C)(CC)C(=O)O. The molecule has 0 aliphatic heterocycles. The normalized spacial score (nSPS) is 12.8. The topological polar surface area (TPSA) is 125 Å². The standard InChI is InChI=1S/C15H19N3O4/c1-4-15(3,14(20)21)18-13(19)10-6-9(8-16)11(17)7-12(10)22-5-2/h6-7H,4-5,17H2,1-3H3,(H,18,19)(H,20,21). The van der Waals surface area contributed by atoms with E-state index in [2.05, 4.69) is 5.32 Å². The summed E-state index contributed by atoms with van der Waals surface area (Å²) in [5, 5.41) is 20.7. The van der Waals surface area contributed by atoms with Crippen LogP contribution in [0.4, 0.5) is 5.69 Å². The number of hydrogen-bond acceptors (Lipinski definition) is 5. The van der Waals surface area contributed by atoms with E-state index in [4.69, 9.17) is 15.7 Å². The van der Waals surface area contributed by atoms with Crippen LogP contribution in [0, 0.1) is 11.3 Å². The Labute approximate surface area is 128 Å². The number of nitrogens with two attached hydrogens (primary N) is 1. The number of hydrogen-bond donors (Lipinski definition) is 3. The van der Waals surface area contributed by atoms with Crippen LogP contribution < -0.4 is 15.8 Å². The first-order chi connectivity index (χ1) is 10.3. The molecule has 0 aromatic heterocycles. The molecule has 0 heterocycles. The van der Waals surface area contributed by atoms with Gasteiger partial charge in [0.1, 0.15) is 17.4 Å². The molecule has 1 aromatic carbocycles. The van der Waals surface area contributed by atoms with Crippen LogP contribution in [-0.4, -0.2) is 29.1 Å². The molecule has 0 bridgehead atoms. The van der Waals surface area contributed by atoms with Crippen LogP contribution in [-0.2, 0) is 4.79 Å². The molecule has 7 nitrogen and oxygen atoms in total. The Hall–Kier alpha value is -2.75. The summed E-state index contributed by atoms with van der Waals surface area (Å²) in [7, 11) is 0. The molecule has 4 N–H and O–H groups in total. The first kappa shape index (κ1) is 17.3. The fraction of sp³-hybridized carbons (Fsp3) is 0.400. The van der Waals surface area contributed by atoms with Crippen LogP contribution in [0.5, 0.6) is 5.75 Å². The Morgan fingerprint density at radius 2 is 2.09 bits per heavy atom. The van der Waals surface area contributed by atoms with Gasteiger partial charge in [-0.3, -0.25) is 4.79 Å². The number of carboxylic acids is 1. The summed E-state index contributed by atoms with van der Waals surface area (Å²) in [6.07, 6.45) is 0.206. The van der Waals surface area contributed by atoms with E-state index in [1.54, 1.807) is 13.8 Å². The molecular weight excluding hydrogens is 286 g/mol.